The summed E-state index contributed by atoms with van der Waals surface area (Å²) in [6, 6.07) is 32.4. The quantitative estimate of drug-likeness (QED) is 0.662. The van der Waals surface area contributed by atoms with E-state index in [0.717, 1.165) is 19.4 Å². The van der Waals surface area contributed by atoms with Crippen LogP contribution in [0.3, 0.4) is 0 Å². The number of hydrogen-bond donors (Lipinski definition) is 1. The van der Waals surface area contributed by atoms with E-state index in [4.69, 9.17) is 0 Å². The maximum atomic E-state index is 10.2. The molecule has 1 fully saturated rings. The van der Waals surface area contributed by atoms with Gasteiger partial charge in [0.25, 0.3) is 0 Å². The van der Waals surface area contributed by atoms with Crippen LogP contribution in [0.15, 0.2) is 91.0 Å². The summed E-state index contributed by atoms with van der Waals surface area (Å²) in [4.78, 5) is 2.54. The molecule has 0 radical (unpaired) electrons. The van der Waals surface area contributed by atoms with E-state index in [9.17, 15) is 5.11 Å². The summed E-state index contributed by atoms with van der Waals surface area (Å²) >= 11 is 0. The fraction of sp³-hybridized carbons (Fsp3) is 0.280. The Balaban J connectivity index is 2.03. The lowest BCUT2D eigenvalue weighted by molar-refractivity contribution is 0.0301. The van der Waals surface area contributed by atoms with Crippen molar-refractivity contribution in [2.75, 3.05) is 13.2 Å². The van der Waals surface area contributed by atoms with Crippen molar-refractivity contribution >= 4 is 0 Å². The van der Waals surface area contributed by atoms with Crippen LogP contribution >= 0.6 is 0 Å². The van der Waals surface area contributed by atoms with Crippen molar-refractivity contribution in [3.8, 4) is 0 Å². The number of piperidine rings is 1. The first-order valence-electron chi connectivity index (χ1n) is 9.91. The van der Waals surface area contributed by atoms with Gasteiger partial charge in [0.15, 0.2) is 0 Å². The molecule has 0 aliphatic carbocycles. The highest BCUT2D eigenvalue weighted by atomic mass is 16.3. The third-order valence-corrected chi connectivity index (χ3v) is 5.84. The second-order valence-electron chi connectivity index (χ2n) is 7.33. The smallest absolute Gasteiger partial charge is 0.0976 e. The number of aliphatic hydroxyl groups is 1. The second-order valence-corrected chi connectivity index (χ2v) is 7.33. The van der Waals surface area contributed by atoms with Gasteiger partial charge in [-0.05, 0) is 29.5 Å². The van der Waals surface area contributed by atoms with E-state index >= 15 is 0 Å². The van der Waals surface area contributed by atoms with Gasteiger partial charge in [0.1, 0.15) is 0 Å². The van der Waals surface area contributed by atoms with Crippen molar-refractivity contribution in [1.82, 2.24) is 4.90 Å². The molecule has 1 N–H and O–H groups in total. The zero-order valence-corrected chi connectivity index (χ0v) is 15.7. The standard InChI is InChI=1S/C25H27NO/c27-20-24-18-10-11-19-26(24)25(21-12-4-1-5-13-21,22-14-6-2-7-15-22)23-16-8-3-9-17-23/h1-9,12-17,24,27H,10-11,18-20H2. The van der Waals surface area contributed by atoms with Crippen LogP contribution in [0.25, 0.3) is 0 Å². The van der Waals surface area contributed by atoms with Crippen LogP contribution in [0, 0.1) is 0 Å². The first kappa shape index (κ1) is 18.0. The number of aliphatic hydroxyl groups excluding tert-OH is 1. The number of hydrogen-bond acceptors (Lipinski definition) is 2. The van der Waals surface area contributed by atoms with Gasteiger partial charge in [0.05, 0.1) is 12.1 Å². The monoisotopic (exact) mass is 357 g/mol. The van der Waals surface area contributed by atoms with Crippen LogP contribution in [0.1, 0.15) is 36.0 Å². The fourth-order valence-corrected chi connectivity index (χ4v) is 4.67. The van der Waals surface area contributed by atoms with Crippen molar-refractivity contribution in [1.29, 1.82) is 0 Å². The molecule has 0 spiro atoms. The third kappa shape index (κ3) is 3.20. The maximum absolute atomic E-state index is 10.2. The number of likely N-dealkylation sites (tertiary alicyclic amines) is 1. The Labute approximate surface area is 162 Å². The topological polar surface area (TPSA) is 23.5 Å². The van der Waals surface area contributed by atoms with Gasteiger partial charge in [-0.1, -0.05) is 97.4 Å². The van der Waals surface area contributed by atoms with Crippen molar-refractivity contribution in [2.45, 2.75) is 30.8 Å². The Hall–Kier alpha value is -2.42. The van der Waals surface area contributed by atoms with Gasteiger partial charge in [-0.15, -0.1) is 0 Å². The summed E-state index contributed by atoms with van der Waals surface area (Å²) in [7, 11) is 0. The fourth-order valence-electron chi connectivity index (χ4n) is 4.67. The van der Waals surface area contributed by atoms with Crippen molar-refractivity contribution in [2.24, 2.45) is 0 Å². The predicted molar refractivity (Wildman–Crippen MR) is 111 cm³/mol. The molecule has 0 amide bonds. The lowest BCUT2D eigenvalue weighted by atomic mass is 9.73. The summed E-state index contributed by atoms with van der Waals surface area (Å²) < 4.78 is 0. The van der Waals surface area contributed by atoms with E-state index in [1.807, 2.05) is 0 Å². The summed E-state index contributed by atoms with van der Waals surface area (Å²) in [5.74, 6) is 0. The Morgan fingerprint density at radius 3 is 1.56 bits per heavy atom. The predicted octanol–water partition coefficient (Wildman–Crippen LogP) is 4.83. The first-order chi connectivity index (χ1) is 13.4. The first-order valence-corrected chi connectivity index (χ1v) is 9.91. The van der Waals surface area contributed by atoms with Crippen LogP contribution in [0.4, 0.5) is 0 Å². The zero-order valence-electron chi connectivity index (χ0n) is 15.7. The molecule has 1 saturated heterocycles. The Bertz CT molecular complexity index is 735. The lowest BCUT2D eigenvalue weighted by Gasteiger charge is -2.50. The summed E-state index contributed by atoms with van der Waals surface area (Å²) in [6.07, 6.45) is 3.37. The average molecular weight is 357 g/mol. The molecule has 138 valence electrons. The molecule has 2 heteroatoms. The molecular formula is C25H27NO. The molecule has 3 aromatic carbocycles. The number of rotatable bonds is 5. The normalized spacial score (nSPS) is 18.3. The molecule has 1 atom stereocenters. The summed E-state index contributed by atoms with van der Waals surface area (Å²) in [5, 5.41) is 10.2. The summed E-state index contributed by atoms with van der Waals surface area (Å²) in [5.41, 5.74) is 3.35. The molecule has 2 nitrogen and oxygen atoms in total. The molecule has 1 heterocycles. The molecular weight excluding hydrogens is 330 g/mol. The Morgan fingerprint density at radius 1 is 0.704 bits per heavy atom. The minimum Gasteiger partial charge on any atom is -0.395 e. The number of benzene rings is 3. The number of nitrogens with zero attached hydrogens (tertiary/aromatic N) is 1. The van der Waals surface area contributed by atoms with E-state index in [1.165, 1.54) is 23.1 Å². The van der Waals surface area contributed by atoms with Gasteiger partial charge in [-0.25, -0.2) is 0 Å². The highest BCUT2D eigenvalue weighted by Crippen LogP contribution is 2.45. The van der Waals surface area contributed by atoms with Gasteiger partial charge < -0.3 is 5.11 Å². The van der Waals surface area contributed by atoms with Gasteiger partial charge in [0, 0.05) is 12.6 Å². The highest BCUT2D eigenvalue weighted by Gasteiger charge is 2.45. The molecule has 1 aliphatic rings. The van der Waals surface area contributed by atoms with Crippen LogP contribution < -0.4 is 0 Å². The van der Waals surface area contributed by atoms with Gasteiger partial charge in [-0.3, -0.25) is 4.90 Å². The third-order valence-electron chi connectivity index (χ3n) is 5.84. The average Bonchev–Trinajstić information content (AvgIpc) is 2.77. The van der Waals surface area contributed by atoms with Crippen LogP contribution in [-0.2, 0) is 5.54 Å². The minimum atomic E-state index is -0.405. The van der Waals surface area contributed by atoms with Crippen molar-refractivity contribution in [3.63, 3.8) is 0 Å². The largest absolute Gasteiger partial charge is 0.395 e. The molecule has 1 unspecified atom stereocenters. The molecule has 27 heavy (non-hydrogen) atoms. The maximum Gasteiger partial charge on any atom is 0.0976 e. The molecule has 0 bridgehead atoms. The Kier molecular flexibility index (Phi) is 5.38. The van der Waals surface area contributed by atoms with Crippen molar-refractivity contribution < 1.29 is 5.11 Å². The van der Waals surface area contributed by atoms with Crippen LogP contribution in [-0.4, -0.2) is 29.2 Å². The van der Waals surface area contributed by atoms with E-state index in [-0.39, 0.29) is 12.6 Å². The van der Waals surface area contributed by atoms with Crippen LogP contribution in [0.5, 0.6) is 0 Å². The molecule has 4 rings (SSSR count). The Morgan fingerprint density at radius 2 is 1.15 bits per heavy atom. The van der Waals surface area contributed by atoms with E-state index in [2.05, 4.69) is 95.9 Å². The molecule has 0 saturated carbocycles. The highest BCUT2D eigenvalue weighted by molar-refractivity contribution is 5.50. The summed E-state index contributed by atoms with van der Waals surface area (Å²) in [6.45, 7) is 1.16. The van der Waals surface area contributed by atoms with Crippen molar-refractivity contribution in [3.05, 3.63) is 108 Å². The van der Waals surface area contributed by atoms with Gasteiger partial charge in [0.2, 0.25) is 0 Å². The molecule has 0 aromatic heterocycles. The van der Waals surface area contributed by atoms with Gasteiger partial charge >= 0.3 is 0 Å². The second kappa shape index (κ2) is 8.08. The van der Waals surface area contributed by atoms with Crippen LogP contribution in [0.2, 0.25) is 0 Å². The SMILES string of the molecule is OCC1CCCCN1C(c1ccccc1)(c1ccccc1)c1ccccc1. The van der Waals surface area contributed by atoms with E-state index < -0.39 is 5.54 Å². The zero-order chi connectivity index (χ0) is 18.5. The van der Waals surface area contributed by atoms with E-state index in [1.54, 1.807) is 0 Å². The lowest BCUT2D eigenvalue weighted by Crippen LogP contribution is -2.56. The van der Waals surface area contributed by atoms with E-state index in [0.29, 0.717) is 0 Å². The van der Waals surface area contributed by atoms with Gasteiger partial charge in [-0.2, -0.15) is 0 Å². The molecule has 3 aromatic rings. The minimum absolute atomic E-state index is 0.152. The molecule has 1 aliphatic heterocycles.